The summed E-state index contributed by atoms with van der Waals surface area (Å²) in [5.41, 5.74) is 1.10. The first-order chi connectivity index (χ1) is 8.11. The van der Waals surface area contributed by atoms with Gasteiger partial charge in [-0.3, -0.25) is 0 Å². The minimum Gasteiger partial charge on any atom is -0.508 e. The lowest BCUT2D eigenvalue weighted by Crippen LogP contribution is -1.96. The Morgan fingerprint density at radius 3 is 2.76 bits per heavy atom. The second kappa shape index (κ2) is 4.40. The first-order valence-electron chi connectivity index (χ1n) is 4.81. The van der Waals surface area contributed by atoms with E-state index in [9.17, 15) is 13.9 Å². The van der Waals surface area contributed by atoms with Gasteiger partial charge in [0.15, 0.2) is 0 Å². The molecule has 0 bridgehead atoms. The number of methoxy groups -OCH3 is 1. The zero-order chi connectivity index (χ0) is 12.4. The fraction of sp³-hybridized carbons (Fsp3) is 0.182. The number of rotatable bonds is 3. The highest BCUT2D eigenvalue weighted by Crippen LogP contribution is 2.32. The van der Waals surface area contributed by atoms with Gasteiger partial charge in [0.05, 0.1) is 13.3 Å². The molecule has 0 unspecified atom stereocenters. The molecule has 1 aromatic heterocycles. The Morgan fingerprint density at radius 1 is 1.41 bits per heavy atom. The van der Waals surface area contributed by atoms with E-state index in [0.717, 1.165) is 0 Å². The standard InChI is InChI=1S/C11H10F2N2O2/c1-17-10-4-8(16)2-3-9(10)7-5-14-15(6-7)11(12)13/h2-6,11,16H,1H3. The fourth-order valence-electron chi connectivity index (χ4n) is 1.50. The molecule has 6 heteroatoms. The quantitative estimate of drug-likeness (QED) is 0.897. The number of halogens is 2. The van der Waals surface area contributed by atoms with Gasteiger partial charge in [0.2, 0.25) is 0 Å². The van der Waals surface area contributed by atoms with Crippen LogP contribution in [-0.2, 0) is 0 Å². The summed E-state index contributed by atoms with van der Waals surface area (Å²) in [6.07, 6.45) is 2.54. The summed E-state index contributed by atoms with van der Waals surface area (Å²) < 4.78 is 30.4. The maximum Gasteiger partial charge on any atom is 0.333 e. The number of aromatic nitrogens is 2. The summed E-state index contributed by atoms with van der Waals surface area (Å²) in [6.45, 7) is -2.67. The van der Waals surface area contributed by atoms with E-state index in [2.05, 4.69) is 5.10 Å². The zero-order valence-electron chi connectivity index (χ0n) is 8.97. The third-order valence-electron chi connectivity index (χ3n) is 2.30. The van der Waals surface area contributed by atoms with Gasteiger partial charge >= 0.3 is 6.55 Å². The van der Waals surface area contributed by atoms with Gasteiger partial charge in [-0.15, -0.1) is 0 Å². The van der Waals surface area contributed by atoms with Crippen molar-refractivity contribution in [3.8, 4) is 22.6 Å². The molecule has 2 rings (SSSR count). The molecule has 0 amide bonds. The van der Waals surface area contributed by atoms with Crippen molar-refractivity contribution < 1.29 is 18.6 Å². The number of nitrogens with zero attached hydrogens (tertiary/aromatic N) is 2. The Kier molecular flexibility index (Phi) is 2.95. The second-order valence-corrected chi connectivity index (χ2v) is 3.37. The number of ether oxygens (including phenoxy) is 1. The molecule has 4 nitrogen and oxygen atoms in total. The van der Waals surface area contributed by atoms with Crippen LogP contribution >= 0.6 is 0 Å². The molecular formula is C11H10F2N2O2. The topological polar surface area (TPSA) is 47.3 Å². The second-order valence-electron chi connectivity index (χ2n) is 3.37. The average molecular weight is 240 g/mol. The number of alkyl halides is 2. The summed E-state index contributed by atoms with van der Waals surface area (Å²) in [4.78, 5) is 0. The molecule has 0 saturated carbocycles. The van der Waals surface area contributed by atoms with E-state index in [0.29, 0.717) is 21.6 Å². The van der Waals surface area contributed by atoms with Crippen LogP contribution < -0.4 is 4.74 Å². The molecule has 0 aliphatic heterocycles. The molecule has 17 heavy (non-hydrogen) atoms. The van der Waals surface area contributed by atoms with E-state index in [1.54, 1.807) is 6.07 Å². The summed E-state index contributed by atoms with van der Waals surface area (Å²) in [6, 6.07) is 4.45. The molecule has 2 aromatic rings. The van der Waals surface area contributed by atoms with Crippen LogP contribution in [0.3, 0.4) is 0 Å². The number of benzene rings is 1. The molecule has 0 spiro atoms. The average Bonchev–Trinajstić information content (AvgIpc) is 2.78. The lowest BCUT2D eigenvalue weighted by atomic mass is 10.1. The Bertz CT molecular complexity index is 526. The van der Waals surface area contributed by atoms with E-state index in [4.69, 9.17) is 4.74 Å². The number of hydrogen-bond acceptors (Lipinski definition) is 3. The number of hydrogen-bond donors (Lipinski definition) is 1. The van der Waals surface area contributed by atoms with Crippen LogP contribution in [0.15, 0.2) is 30.6 Å². The lowest BCUT2D eigenvalue weighted by Gasteiger charge is -2.06. The molecule has 0 atom stereocenters. The lowest BCUT2D eigenvalue weighted by molar-refractivity contribution is 0.0566. The molecule has 0 aliphatic carbocycles. The third kappa shape index (κ3) is 2.20. The maximum atomic E-state index is 12.4. The Morgan fingerprint density at radius 2 is 2.18 bits per heavy atom. The predicted molar refractivity (Wildman–Crippen MR) is 57.1 cm³/mol. The molecule has 0 saturated heterocycles. The number of phenolic OH excluding ortho intramolecular Hbond substituents is 1. The van der Waals surface area contributed by atoms with Gasteiger partial charge in [0.1, 0.15) is 11.5 Å². The first-order valence-corrected chi connectivity index (χ1v) is 4.81. The van der Waals surface area contributed by atoms with Crippen molar-refractivity contribution in [1.82, 2.24) is 9.78 Å². The van der Waals surface area contributed by atoms with E-state index in [1.807, 2.05) is 0 Å². The van der Waals surface area contributed by atoms with Crippen LogP contribution in [0, 0.1) is 0 Å². The summed E-state index contributed by atoms with van der Waals surface area (Å²) >= 11 is 0. The van der Waals surface area contributed by atoms with E-state index in [1.165, 1.54) is 31.6 Å². The van der Waals surface area contributed by atoms with Crippen molar-refractivity contribution in [2.45, 2.75) is 6.55 Å². The van der Waals surface area contributed by atoms with Crippen molar-refractivity contribution in [2.24, 2.45) is 0 Å². The molecule has 90 valence electrons. The van der Waals surface area contributed by atoms with E-state index in [-0.39, 0.29) is 5.75 Å². The minimum absolute atomic E-state index is 0.0480. The Balaban J connectivity index is 2.44. The van der Waals surface area contributed by atoms with Gasteiger partial charge in [0.25, 0.3) is 0 Å². The SMILES string of the molecule is COc1cc(O)ccc1-c1cnn(C(F)F)c1. The van der Waals surface area contributed by atoms with E-state index < -0.39 is 6.55 Å². The molecule has 0 fully saturated rings. The first kappa shape index (κ1) is 11.4. The third-order valence-corrected chi connectivity index (χ3v) is 2.30. The van der Waals surface area contributed by atoms with E-state index >= 15 is 0 Å². The zero-order valence-corrected chi connectivity index (χ0v) is 8.97. The van der Waals surface area contributed by atoms with Gasteiger partial charge < -0.3 is 9.84 Å². The minimum atomic E-state index is -2.67. The Labute approximate surface area is 96.1 Å². The van der Waals surface area contributed by atoms with Gasteiger partial charge in [-0.1, -0.05) is 0 Å². The highest BCUT2D eigenvalue weighted by molar-refractivity contribution is 5.70. The van der Waals surface area contributed by atoms with Crippen molar-refractivity contribution in [3.05, 3.63) is 30.6 Å². The van der Waals surface area contributed by atoms with Crippen LogP contribution in [0.4, 0.5) is 8.78 Å². The number of aromatic hydroxyl groups is 1. The van der Waals surface area contributed by atoms with Gasteiger partial charge in [0, 0.05) is 23.4 Å². The van der Waals surface area contributed by atoms with Crippen LogP contribution in [0.5, 0.6) is 11.5 Å². The van der Waals surface area contributed by atoms with Gasteiger partial charge in [-0.25, -0.2) is 4.68 Å². The summed E-state index contributed by atoms with van der Waals surface area (Å²) in [5.74, 6) is 0.450. The molecular weight excluding hydrogens is 230 g/mol. The number of phenols is 1. The summed E-state index contributed by atoms with van der Waals surface area (Å²) in [5, 5.41) is 12.8. The van der Waals surface area contributed by atoms with Crippen molar-refractivity contribution >= 4 is 0 Å². The van der Waals surface area contributed by atoms with Crippen LogP contribution in [0.2, 0.25) is 0 Å². The van der Waals surface area contributed by atoms with Crippen molar-refractivity contribution in [1.29, 1.82) is 0 Å². The predicted octanol–water partition coefficient (Wildman–Crippen LogP) is 2.66. The van der Waals surface area contributed by atoms with Crippen LogP contribution in [0.25, 0.3) is 11.1 Å². The highest BCUT2D eigenvalue weighted by Gasteiger charge is 2.12. The van der Waals surface area contributed by atoms with Gasteiger partial charge in [-0.05, 0) is 12.1 Å². The monoisotopic (exact) mass is 240 g/mol. The Hall–Kier alpha value is -2.11. The normalized spacial score (nSPS) is 10.8. The summed E-state index contributed by atoms with van der Waals surface area (Å²) in [7, 11) is 1.44. The highest BCUT2D eigenvalue weighted by atomic mass is 19.3. The molecule has 1 aromatic carbocycles. The molecule has 0 radical (unpaired) electrons. The smallest absolute Gasteiger partial charge is 0.333 e. The molecule has 0 aliphatic rings. The van der Waals surface area contributed by atoms with Crippen molar-refractivity contribution in [2.75, 3.05) is 7.11 Å². The maximum absolute atomic E-state index is 12.4. The van der Waals surface area contributed by atoms with Crippen molar-refractivity contribution in [3.63, 3.8) is 0 Å². The fourth-order valence-corrected chi connectivity index (χ4v) is 1.50. The van der Waals surface area contributed by atoms with Crippen LogP contribution in [0.1, 0.15) is 6.55 Å². The largest absolute Gasteiger partial charge is 0.508 e. The van der Waals surface area contributed by atoms with Gasteiger partial charge in [-0.2, -0.15) is 13.9 Å². The van der Waals surface area contributed by atoms with Crippen LogP contribution in [-0.4, -0.2) is 22.0 Å². The molecule has 1 heterocycles. The molecule has 1 N–H and O–H groups in total.